The van der Waals surface area contributed by atoms with E-state index in [-0.39, 0.29) is 0 Å². The Morgan fingerprint density at radius 2 is 1.89 bits per heavy atom. The highest BCUT2D eigenvalue weighted by atomic mass is 16.7. The maximum atomic E-state index is 5.35. The summed E-state index contributed by atoms with van der Waals surface area (Å²) < 4.78 is 10.6. The summed E-state index contributed by atoms with van der Waals surface area (Å²) in [5, 5.41) is 0. The Bertz CT molecular complexity index is 647. The van der Waals surface area contributed by atoms with Crippen molar-refractivity contribution >= 4 is 11.9 Å². The average Bonchev–Trinajstić information content (AvgIpc) is 2.88. The van der Waals surface area contributed by atoms with Gasteiger partial charge in [-0.05, 0) is 54.8 Å². The summed E-state index contributed by atoms with van der Waals surface area (Å²) >= 11 is 0. The van der Waals surface area contributed by atoms with E-state index in [1.54, 1.807) is 0 Å². The molecule has 0 saturated heterocycles. The molecule has 0 radical (unpaired) electrons. The van der Waals surface area contributed by atoms with Crippen LogP contribution in [0.25, 0.3) is 0 Å². The maximum absolute atomic E-state index is 5.35. The van der Waals surface area contributed by atoms with Crippen LogP contribution < -0.4 is 9.47 Å². The number of fused-ring (bicyclic) bond motifs is 1. The average molecular weight is 253 g/mol. The molecular formula is C16H15NO2. The second kappa shape index (κ2) is 4.76. The topological polar surface area (TPSA) is 30.8 Å². The number of rotatable bonds is 2. The molecule has 1 aliphatic rings. The lowest BCUT2D eigenvalue weighted by Crippen LogP contribution is -1.92. The molecule has 0 unspecified atom stereocenters. The Morgan fingerprint density at radius 3 is 2.79 bits per heavy atom. The maximum Gasteiger partial charge on any atom is 0.231 e. The molecule has 1 heterocycles. The van der Waals surface area contributed by atoms with E-state index >= 15 is 0 Å². The van der Waals surface area contributed by atoms with Gasteiger partial charge in [0.15, 0.2) is 11.5 Å². The van der Waals surface area contributed by atoms with E-state index in [4.69, 9.17) is 9.47 Å². The standard InChI is InChI=1S/C16H15NO2/c1-11-4-3-5-14(12(11)2)17-9-13-6-7-15-16(8-13)19-10-18-15/h3-9H,10H2,1-2H3. The molecule has 2 aromatic rings. The minimum Gasteiger partial charge on any atom is -0.454 e. The first-order valence-electron chi connectivity index (χ1n) is 6.24. The van der Waals surface area contributed by atoms with Crippen molar-refractivity contribution < 1.29 is 9.47 Å². The Hall–Kier alpha value is -2.29. The zero-order chi connectivity index (χ0) is 13.2. The van der Waals surface area contributed by atoms with Crippen LogP contribution in [-0.2, 0) is 0 Å². The van der Waals surface area contributed by atoms with Crippen LogP contribution >= 0.6 is 0 Å². The Balaban J connectivity index is 1.88. The van der Waals surface area contributed by atoms with Gasteiger partial charge in [0.1, 0.15) is 0 Å². The van der Waals surface area contributed by atoms with Crippen LogP contribution in [0, 0.1) is 13.8 Å². The second-order valence-electron chi connectivity index (χ2n) is 4.59. The predicted molar refractivity (Wildman–Crippen MR) is 75.7 cm³/mol. The number of aryl methyl sites for hydroxylation is 1. The normalized spacial score (nSPS) is 13.2. The summed E-state index contributed by atoms with van der Waals surface area (Å²) in [6, 6.07) is 12.0. The Labute approximate surface area is 112 Å². The smallest absolute Gasteiger partial charge is 0.231 e. The summed E-state index contributed by atoms with van der Waals surface area (Å²) in [7, 11) is 0. The fraction of sp³-hybridized carbons (Fsp3) is 0.188. The van der Waals surface area contributed by atoms with Gasteiger partial charge in [0.25, 0.3) is 0 Å². The van der Waals surface area contributed by atoms with Gasteiger partial charge in [-0.15, -0.1) is 0 Å². The highest BCUT2D eigenvalue weighted by Crippen LogP contribution is 2.32. The zero-order valence-electron chi connectivity index (χ0n) is 11.0. The van der Waals surface area contributed by atoms with Crippen molar-refractivity contribution in [3.63, 3.8) is 0 Å². The van der Waals surface area contributed by atoms with Gasteiger partial charge in [0, 0.05) is 6.21 Å². The summed E-state index contributed by atoms with van der Waals surface area (Å²) in [5.74, 6) is 1.58. The Morgan fingerprint density at radius 1 is 1.05 bits per heavy atom. The summed E-state index contributed by atoms with van der Waals surface area (Å²) in [4.78, 5) is 4.54. The highest BCUT2D eigenvalue weighted by molar-refractivity contribution is 5.83. The molecule has 19 heavy (non-hydrogen) atoms. The van der Waals surface area contributed by atoms with Gasteiger partial charge in [0.05, 0.1) is 5.69 Å². The lowest BCUT2D eigenvalue weighted by Gasteiger charge is -2.03. The lowest BCUT2D eigenvalue weighted by atomic mass is 10.1. The molecule has 3 heteroatoms. The monoisotopic (exact) mass is 253 g/mol. The van der Waals surface area contributed by atoms with Gasteiger partial charge in [0.2, 0.25) is 6.79 Å². The number of benzene rings is 2. The van der Waals surface area contributed by atoms with Crippen molar-refractivity contribution in [1.29, 1.82) is 0 Å². The fourth-order valence-corrected chi connectivity index (χ4v) is 2.01. The van der Waals surface area contributed by atoms with Crippen molar-refractivity contribution in [3.05, 3.63) is 53.1 Å². The van der Waals surface area contributed by atoms with E-state index in [2.05, 4.69) is 24.9 Å². The first-order chi connectivity index (χ1) is 9.24. The molecule has 0 bridgehead atoms. The zero-order valence-corrected chi connectivity index (χ0v) is 11.0. The van der Waals surface area contributed by atoms with Crippen molar-refractivity contribution in [3.8, 4) is 11.5 Å². The minimum atomic E-state index is 0.299. The molecule has 0 aromatic heterocycles. The van der Waals surface area contributed by atoms with Crippen molar-refractivity contribution in [1.82, 2.24) is 0 Å². The molecule has 0 amide bonds. The van der Waals surface area contributed by atoms with Gasteiger partial charge in [-0.3, -0.25) is 4.99 Å². The van der Waals surface area contributed by atoms with Crippen LogP contribution in [0.2, 0.25) is 0 Å². The SMILES string of the molecule is Cc1cccc(N=Cc2ccc3c(c2)OCO3)c1C. The van der Waals surface area contributed by atoms with Gasteiger partial charge in [-0.2, -0.15) is 0 Å². The number of nitrogens with zero attached hydrogens (tertiary/aromatic N) is 1. The molecule has 96 valence electrons. The van der Waals surface area contributed by atoms with Crippen molar-refractivity contribution in [2.75, 3.05) is 6.79 Å². The van der Waals surface area contributed by atoms with E-state index in [9.17, 15) is 0 Å². The molecule has 0 N–H and O–H groups in total. The van der Waals surface area contributed by atoms with E-state index < -0.39 is 0 Å². The first-order valence-corrected chi connectivity index (χ1v) is 6.24. The quantitative estimate of drug-likeness (QED) is 0.762. The fourth-order valence-electron chi connectivity index (χ4n) is 2.01. The van der Waals surface area contributed by atoms with Crippen LogP contribution in [0.1, 0.15) is 16.7 Å². The summed E-state index contributed by atoms with van der Waals surface area (Å²) in [6.07, 6.45) is 1.85. The van der Waals surface area contributed by atoms with Crippen LogP contribution in [-0.4, -0.2) is 13.0 Å². The summed E-state index contributed by atoms with van der Waals surface area (Å²) in [5.41, 5.74) is 4.46. The molecule has 2 aromatic carbocycles. The third-order valence-corrected chi connectivity index (χ3v) is 3.33. The van der Waals surface area contributed by atoms with Crippen molar-refractivity contribution in [2.45, 2.75) is 13.8 Å². The molecule has 0 aliphatic carbocycles. The third-order valence-electron chi connectivity index (χ3n) is 3.33. The molecule has 0 spiro atoms. The first kappa shape index (κ1) is 11.8. The van der Waals surface area contributed by atoms with Crippen LogP contribution in [0.3, 0.4) is 0 Å². The third kappa shape index (κ3) is 2.32. The predicted octanol–water partition coefficient (Wildman–Crippen LogP) is 3.78. The molecule has 1 aliphatic heterocycles. The molecule has 0 fully saturated rings. The van der Waals surface area contributed by atoms with Gasteiger partial charge < -0.3 is 9.47 Å². The van der Waals surface area contributed by atoms with Crippen molar-refractivity contribution in [2.24, 2.45) is 4.99 Å². The number of ether oxygens (including phenoxy) is 2. The van der Waals surface area contributed by atoms with E-state index in [0.717, 1.165) is 22.7 Å². The molecule has 0 saturated carbocycles. The largest absolute Gasteiger partial charge is 0.454 e. The minimum absolute atomic E-state index is 0.299. The highest BCUT2D eigenvalue weighted by Gasteiger charge is 2.12. The number of hydrogen-bond acceptors (Lipinski definition) is 3. The van der Waals surface area contributed by atoms with E-state index in [0.29, 0.717) is 6.79 Å². The van der Waals surface area contributed by atoms with Gasteiger partial charge >= 0.3 is 0 Å². The van der Waals surface area contributed by atoms with Crippen LogP contribution in [0.15, 0.2) is 41.4 Å². The molecule has 0 atom stereocenters. The van der Waals surface area contributed by atoms with Gasteiger partial charge in [-0.25, -0.2) is 0 Å². The molecule has 3 nitrogen and oxygen atoms in total. The lowest BCUT2D eigenvalue weighted by molar-refractivity contribution is 0.174. The van der Waals surface area contributed by atoms with E-state index in [1.807, 2.05) is 36.5 Å². The molecular weight excluding hydrogens is 238 g/mol. The van der Waals surface area contributed by atoms with Gasteiger partial charge in [-0.1, -0.05) is 12.1 Å². The number of hydrogen-bond donors (Lipinski definition) is 0. The number of aliphatic imine (C=N–C) groups is 1. The molecule has 3 rings (SSSR count). The Kier molecular flexibility index (Phi) is 2.95. The summed E-state index contributed by atoms with van der Waals surface area (Å²) in [6.45, 7) is 4.48. The second-order valence-corrected chi connectivity index (χ2v) is 4.59. The van der Waals surface area contributed by atoms with E-state index in [1.165, 1.54) is 11.1 Å². The van der Waals surface area contributed by atoms with Crippen LogP contribution in [0.4, 0.5) is 5.69 Å². The van der Waals surface area contributed by atoms with Crippen LogP contribution in [0.5, 0.6) is 11.5 Å².